The summed E-state index contributed by atoms with van der Waals surface area (Å²) in [5, 5.41) is 0. The predicted molar refractivity (Wildman–Crippen MR) is 126 cm³/mol. The zero-order valence-corrected chi connectivity index (χ0v) is 17.9. The highest BCUT2D eigenvalue weighted by Crippen LogP contribution is 2.40. The van der Waals surface area contributed by atoms with E-state index in [2.05, 4.69) is 35.1 Å². The topological polar surface area (TPSA) is 42.9 Å². The van der Waals surface area contributed by atoms with Crippen molar-refractivity contribution in [1.82, 2.24) is 9.97 Å². The molecule has 6 rings (SSSR count). The molecule has 3 nitrogen and oxygen atoms in total. The van der Waals surface area contributed by atoms with Crippen molar-refractivity contribution < 1.29 is 4.79 Å². The smallest absolute Gasteiger partial charge is 0.159 e. The van der Waals surface area contributed by atoms with Crippen LogP contribution in [0.15, 0.2) is 72.1 Å². The summed E-state index contributed by atoms with van der Waals surface area (Å²) in [7, 11) is 0. The number of hydrogen-bond donors (Lipinski definition) is 0. The van der Waals surface area contributed by atoms with Crippen molar-refractivity contribution in [2.24, 2.45) is 0 Å². The van der Waals surface area contributed by atoms with Crippen LogP contribution in [0.25, 0.3) is 23.0 Å². The highest BCUT2D eigenvalue weighted by molar-refractivity contribution is 6.00. The summed E-state index contributed by atoms with van der Waals surface area (Å²) in [6.45, 7) is 2.25. The Kier molecular flexibility index (Phi) is 5.33. The number of carbonyl (C=O) groups is 1. The summed E-state index contributed by atoms with van der Waals surface area (Å²) < 4.78 is 0. The Morgan fingerprint density at radius 1 is 0.839 bits per heavy atom. The lowest BCUT2D eigenvalue weighted by molar-refractivity contribution is -0.114. The molecule has 0 bridgehead atoms. The molecule has 1 heterocycles. The zero-order chi connectivity index (χ0) is 21.2. The number of nitrogens with zero attached hydrogens (tertiary/aromatic N) is 2. The second kappa shape index (κ2) is 8.43. The fourth-order valence-corrected chi connectivity index (χ4v) is 4.87. The second-order valence-corrected chi connectivity index (χ2v) is 8.36. The first-order chi connectivity index (χ1) is 15.2. The van der Waals surface area contributed by atoms with E-state index in [1.54, 1.807) is 23.5 Å². The lowest BCUT2D eigenvalue weighted by Gasteiger charge is -2.28. The second-order valence-electron chi connectivity index (χ2n) is 8.36. The number of carbonyl (C=O) groups excluding carboxylic acids is 1. The van der Waals surface area contributed by atoms with Crippen LogP contribution in [0, 0.1) is 0 Å². The van der Waals surface area contributed by atoms with Gasteiger partial charge < -0.3 is 0 Å². The Morgan fingerprint density at radius 3 is 2.39 bits per heavy atom. The van der Waals surface area contributed by atoms with E-state index in [1.807, 2.05) is 36.4 Å². The van der Waals surface area contributed by atoms with Gasteiger partial charge in [0.15, 0.2) is 5.78 Å². The fourth-order valence-electron chi connectivity index (χ4n) is 4.87. The number of aromatic nitrogens is 2. The number of imidazole rings is 1. The van der Waals surface area contributed by atoms with Gasteiger partial charge >= 0.3 is 0 Å². The van der Waals surface area contributed by atoms with Gasteiger partial charge in [-0.25, -0.2) is 9.97 Å². The first-order valence-electron chi connectivity index (χ1n) is 11.2. The number of fused-ring (bicyclic) bond motifs is 5. The molecule has 0 N–H and O–H groups in total. The summed E-state index contributed by atoms with van der Waals surface area (Å²) in [6, 6.07) is 14.3. The minimum atomic E-state index is 0.255. The molecule has 0 amide bonds. The van der Waals surface area contributed by atoms with Gasteiger partial charge in [0.05, 0.1) is 11.4 Å². The molecule has 0 atom stereocenters. The normalized spacial score (nSPS) is 16.7. The highest BCUT2D eigenvalue weighted by Gasteiger charge is 2.25. The van der Waals surface area contributed by atoms with E-state index in [-0.39, 0.29) is 5.78 Å². The standard InChI is InChI=1S/C20H20O.C8H6N2/c1-2-13-3-7-17-14(11-13)4-8-20-18-10-6-16(21)12-15(18)5-9-19(17)20;1-2-4-7-8(5-3-1)10-6-9-7/h4,6,8,10-11H,2-3,5,7,9,12H2,1H3;1-6H. The van der Waals surface area contributed by atoms with E-state index in [4.69, 9.17) is 0 Å². The maximum Gasteiger partial charge on any atom is 0.159 e. The van der Waals surface area contributed by atoms with E-state index >= 15 is 0 Å². The van der Waals surface area contributed by atoms with Crippen molar-refractivity contribution in [3.05, 3.63) is 94.3 Å². The molecule has 0 unspecified atom stereocenters. The zero-order valence-electron chi connectivity index (χ0n) is 17.9. The highest BCUT2D eigenvalue weighted by atomic mass is 16.1. The van der Waals surface area contributed by atoms with Crippen molar-refractivity contribution in [2.75, 3.05) is 0 Å². The number of allylic oxidation sites excluding steroid dienone is 5. The molecule has 4 aliphatic carbocycles. The van der Waals surface area contributed by atoms with E-state index in [0.717, 1.165) is 30.7 Å². The van der Waals surface area contributed by atoms with Crippen molar-refractivity contribution in [3.63, 3.8) is 0 Å². The van der Waals surface area contributed by atoms with Crippen molar-refractivity contribution in [3.8, 4) is 11.4 Å². The molecule has 0 radical (unpaired) electrons. The van der Waals surface area contributed by atoms with E-state index in [0.29, 0.717) is 6.42 Å². The molecule has 1 aromatic carbocycles. The number of ketones is 1. The molecule has 1 aromatic rings. The van der Waals surface area contributed by atoms with Crippen LogP contribution in [-0.4, -0.2) is 15.8 Å². The SMILES string of the molecule is CCC1=Cc2ccc3c(c2CC1)CCC1=C3C=CC(=O)C1.c1ccc2ncnc-2cc1. The van der Waals surface area contributed by atoms with Gasteiger partial charge in [0.1, 0.15) is 6.33 Å². The molecule has 0 saturated heterocycles. The fraction of sp³-hybridized carbons (Fsp3) is 0.250. The molecule has 0 saturated carbocycles. The van der Waals surface area contributed by atoms with Crippen molar-refractivity contribution in [2.45, 2.75) is 45.4 Å². The van der Waals surface area contributed by atoms with Gasteiger partial charge in [0.2, 0.25) is 0 Å². The van der Waals surface area contributed by atoms with Crippen LogP contribution >= 0.6 is 0 Å². The molecule has 3 heteroatoms. The Hall–Kier alpha value is -3.33. The first kappa shape index (κ1) is 19.6. The lowest BCUT2D eigenvalue weighted by atomic mass is 9.76. The van der Waals surface area contributed by atoms with Gasteiger partial charge in [-0.2, -0.15) is 0 Å². The molecule has 154 valence electrons. The molecular formula is C28H26N2O. The lowest BCUT2D eigenvalue weighted by Crippen LogP contribution is -2.14. The van der Waals surface area contributed by atoms with Crippen LogP contribution < -0.4 is 0 Å². The minimum Gasteiger partial charge on any atom is -0.294 e. The minimum absolute atomic E-state index is 0.255. The van der Waals surface area contributed by atoms with Gasteiger partial charge in [-0.1, -0.05) is 60.6 Å². The number of benzene rings is 1. The summed E-state index contributed by atoms with van der Waals surface area (Å²) in [6.07, 6.45) is 14.1. The Balaban J connectivity index is 0.000000171. The third kappa shape index (κ3) is 3.88. The van der Waals surface area contributed by atoms with Crippen LogP contribution in [0.2, 0.25) is 0 Å². The van der Waals surface area contributed by atoms with Crippen LogP contribution in [0.5, 0.6) is 0 Å². The summed E-state index contributed by atoms with van der Waals surface area (Å²) in [5.74, 6) is 0.255. The van der Waals surface area contributed by atoms with Gasteiger partial charge in [0, 0.05) is 6.42 Å². The maximum atomic E-state index is 11.6. The molecule has 0 aromatic heterocycles. The molecule has 0 fully saturated rings. The third-order valence-electron chi connectivity index (χ3n) is 6.54. The molecule has 5 aliphatic rings. The monoisotopic (exact) mass is 406 g/mol. The number of hydrogen-bond acceptors (Lipinski definition) is 3. The van der Waals surface area contributed by atoms with Gasteiger partial charge in [-0.3, -0.25) is 4.79 Å². The van der Waals surface area contributed by atoms with Crippen LogP contribution in [0.4, 0.5) is 0 Å². The van der Waals surface area contributed by atoms with Crippen LogP contribution in [0.3, 0.4) is 0 Å². The summed E-state index contributed by atoms with van der Waals surface area (Å²) in [4.78, 5) is 19.7. The molecular weight excluding hydrogens is 380 g/mol. The van der Waals surface area contributed by atoms with E-state index in [9.17, 15) is 4.79 Å². The predicted octanol–water partition coefficient (Wildman–Crippen LogP) is 6.24. The third-order valence-corrected chi connectivity index (χ3v) is 6.54. The van der Waals surface area contributed by atoms with Gasteiger partial charge in [-0.05, 0) is 78.1 Å². The Bertz CT molecular complexity index is 1190. The quantitative estimate of drug-likeness (QED) is 0.481. The van der Waals surface area contributed by atoms with Crippen molar-refractivity contribution in [1.29, 1.82) is 0 Å². The van der Waals surface area contributed by atoms with Crippen molar-refractivity contribution >= 4 is 17.4 Å². The average Bonchev–Trinajstić information content (AvgIpc) is 3.14. The first-order valence-corrected chi connectivity index (χ1v) is 11.2. The largest absolute Gasteiger partial charge is 0.294 e. The van der Waals surface area contributed by atoms with Crippen LogP contribution in [-0.2, 0) is 17.6 Å². The summed E-state index contributed by atoms with van der Waals surface area (Å²) in [5.41, 5.74) is 12.0. The van der Waals surface area contributed by atoms with Crippen LogP contribution in [0.1, 0.15) is 54.9 Å². The average molecular weight is 407 g/mol. The molecule has 0 spiro atoms. The molecule has 31 heavy (non-hydrogen) atoms. The molecule has 1 aliphatic heterocycles. The Morgan fingerprint density at radius 2 is 1.61 bits per heavy atom. The Labute approximate surface area is 183 Å². The van der Waals surface area contributed by atoms with E-state index < -0.39 is 0 Å². The van der Waals surface area contributed by atoms with Gasteiger partial charge in [0.25, 0.3) is 0 Å². The summed E-state index contributed by atoms with van der Waals surface area (Å²) >= 11 is 0. The van der Waals surface area contributed by atoms with E-state index in [1.165, 1.54) is 40.7 Å². The van der Waals surface area contributed by atoms with Gasteiger partial charge in [-0.15, -0.1) is 0 Å². The maximum absolute atomic E-state index is 11.6. The number of rotatable bonds is 1.